The van der Waals surface area contributed by atoms with Crippen LogP contribution in [-0.2, 0) is 16.1 Å². The Hall–Kier alpha value is -2.77. The summed E-state index contributed by atoms with van der Waals surface area (Å²) < 4.78 is 1.16. The highest BCUT2D eigenvalue weighted by molar-refractivity contribution is 7.18. The van der Waals surface area contributed by atoms with Gasteiger partial charge in [-0.3, -0.25) is 14.5 Å². The Kier molecular flexibility index (Phi) is 5.36. The fraction of sp³-hybridized carbons (Fsp3) is 0.286. The van der Waals surface area contributed by atoms with Crippen LogP contribution in [0.25, 0.3) is 10.2 Å². The maximum Gasteiger partial charge on any atom is 0.238 e. The number of carbonyl (C=O) groups is 2. The lowest BCUT2D eigenvalue weighted by molar-refractivity contribution is -0.117. The van der Waals surface area contributed by atoms with Crippen molar-refractivity contribution in [1.82, 2.24) is 9.88 Å². The molecule has 1 aliphatic rings. The molecule has 0 bridgehead atoms. The Morgan fingerprint density at radius 1 is 1.25 bits per heavy atom. The number of hydrogen-bond acceptors (Lipinski definition) is 5. The molecule has 1 saturated heterocycles. The number of nitrogens with zero attached hydrogens (tertiary/aromatic N) is 3. The molecule has 2 aromatic carbocycles. The normalized spacial score (nSPS) is 14.2. The van der Waals surface area contributed by atoms with E-state index in [2.05, 4.69) is 16.4 Å². The minimum Gasteiger partial charge on any atom is -0.325 e. The average molecular weight is 395 g/mol. The van der Waals surface area contributed by atoms with Gasteiger partial charge < -0.3 is 10.2 Å². The summed E-state index contributed by atoms with van der Waals surface area (Å²) in [6.45, 7) is 1.62. The van der Waals surface area contributed by atoms with Crippen molar-refractivity contribution in [3.8, 4) is 0 Å². The van der Waals surface area contributed by atoms with E-state index in [0.29, 0.717) is 18.7 Å². The number of amides is 2. The first-order valence-electron chi connectivity index (χ1n) is 9.32. The third kappa shape index (κ3) is 4.21. The molecule has 0 spiro atoms. The highest BCUT2D eigenvalue weighted by Crippen LogP contribution is 2.24. The molecule has 6 nitrogen and oxygen atoms in total. The quantitative estimate of drug-likeness (QED) is 0.695. The average Bonchev–Trinajstić information content (AvgIpc) is 3.26. The lowest BCUT2D eigenvalue weighted by atomic mass is 10.2. The third-order valence-electron chi connectivity index (χ3n) is 4.67. The van der Waals surface area contributed by atoms with E-state index < -0.39 is 0 Å². The van der Waals surface area contributed by atoms with E-state index in [9.17, 15) is 9.59 Å². The smallest absolute Gasteiger partial charge is 0.238 e. The number of aromatic nitrogens is 1. The van der Waals surface area contributed by atoms with Gasteiger partial charge in [-0.15, -0.1) is 11.3 Å². The summed E-state index contributed by atoms with van der Waals surface area (Å²) in [6, 6.07) is 15.5. The standard InChI is InChI=1S/C21H22N4O2S/c1-24(14-20-23-17-8-2-3-9-18(17)28-20)13-19(26)22-15-6-4-7-16(12-15)25-11-5-10-21(25)27/h2-4,6-9,12H,5,10-11,13-14H2,1H3,(H,22,26). The molecule has 1 aliphatic heterocycles. The van der Waals surface area contributed by atoms with E-state index in [-0.39, 0.29) is 18.4 Å². The van der Waals surface area contributed by atoms with Gasteiger partial charge in [-0.1, -0.05) is 18.2 Å². The minimum atomic E-state index is -0.0893. The zero-order valence-corrected chi connectivity index (χ0v) is 16.5. The highest BCUT2D eigenvalue weighted by atomic mass is 32.1. The summed E-state index contributed by atoms with van der Waals surface area (Å²) in [5.41, 5.74) is 2.53. The number of benzene rings is 2. The second kappa shape index (κ2) is 8.08. The Bertz CT molecular complexity index is 983. The van der Waals surface area contributed by atoms with Crippen molar-refractivity contribution in [3.63, 3.8) is 0 Å². The molecule has 2 amide bonds. The molecule has 1 aromatic heterocycles. The predicted octanol–water partition coefficient (Wildman–Crippen LogP) is 3.49. The van der Waals surface area contributed by atoms with Crippen molar-refractivity contribution in [2.24, 2.45) is 0 Å². The van der Waals surface area contributed by atoms with E-state index in [1.807, 2.05) is 54.4 Å². The molecule has 0 aliphatic carbocycles. The zero-order valence-electron chi connectivity index (χ0n) is 15.7. The Balaban J connectivity index is 1.35. The molecular weight excluding hydrogens is 372 g/mol. The van der Waals surface area contributed by atoms with Crippen LogP contribution in [-0.4, -0.2) is 41.8 Å². The van der Waals surface area contributed by atoms with Crippen LogP contribution in [0.4, 0.5) is 11.4 Å². The highest BCUT2D eigenvalue weighted by Gasteiger charge is 2.21. The second-order valence-corrected chi connectivity index (χ2v) is 8.11. The Labute approximate surface area is 167 Å². The first kappa shape index (κ1) is 18.6. The molecule has 3 aromatic rings. The van der Waals surface area contributed by atoms with Gasteiger partial charge in [0.25, 0.3) is 0 Å². The van der Waals surface area contributed by atoms with Crippen LogP contribution in [0.5, 0.6) is 0 Å². The fourth-order valence-corrected chi connectivity index (χ4v) is 4.44. The van der Waals surface area contributed by atoms with Gasteiger partial charge in [-0.25, -0.2) is 4.98 Å². The minimum absolute atomic E-state index is 0.0893. The van der Waals surface area contributed by atoms with Gasteiger partial charge in [0.15, 0.2) is 0 Å². The van der Waals surface area contributed by atoms with Gasteiger partial charge in [-0.05, 0) is 43.8 Å². The summed E-state index contributed by atoms with van der Waals surface area (Å²) in [4.78, 5) is 32.7. The number of likely N-dealkylation sites (N-methyl/N-ethyl adjacent to an activating group) is 1. The topological polar surface area (TPSA) is 65.5 Å². The lowest BCUT2D eigenvalue weighted by Crippen LogP contribution is -2.30. The van der Waals surface area contributed by atoms with Crippen LogP contribution < -0.4 is 10.2 Å². The number of hydrogen-bond donors (Lipinski definition) is 1. The van der Waals surface area contributed by atoms with Crippen molar-refractivity contribution < 1.29 is 9.59 Å². The number of nitrogens with one attached hydrogen (secondary N) is 1. The van der Waals surface area contributed by atoms with Gasteiger partial charge in [-0.2, -0.15) is 0 Å². The van der Waals surface area contributed by atoms with E-state index in [4.69, 9.17) is 0 Å². The first-order chi connectivity index (χ1) is 13.6. The molecule has 0 saturated carbocycles. The molecule has 0 unspecified atom stereocenters. The van der Waals surface area contributed by atoms with Crippen molar-refractivity contribution in [2.45, 2.75) is 19.4 Å². The molecule has 28 heavy (non-hydrogen) atoms. The number of para-hydroxylation sites is 1. The van der Waals surface area contributed by atoms with Crippen LogP contribution >= 0.6 is 11.3 Å². The number of fused-ring (bicyclic) bond motifs is 1. The predicted molar refractivity (Wildman–Crippen MR) is 113 cm³/mol. The van der Waals surface area contributed by atoms with Crippen LogP contribution in [0.2, 0.25) is 0 Å². The fourth-order valence-electron chi connectivity index (χ4n) is 3.39. The number of anilines is 2. The Morgan fingerprint density at radius 3 is 2.89 bits per heavy atom. The molecule has 144 valence electrons. The van der Waals surface area contributed by atoms with Gasteiger partial charge in [0, 0.05) is 24.3 Å². The Morgan fingerprint density at radius 2 is 2.11 bits per heavy atom. The zero-order chi connectivity index (χ0) is 19.5. The van der Waals surface area contributed by atoms with Crippen molar-refractivity contribution in [2.75, 3.05) is 30.4 Å². The van der Waals surface area contributed by atoms with Crippen LogP contribution in [0.1, 0.15) is 17.8 Å². The molecule has 0 radical (unpaired) electrons. The lowest BCUT2D eigenvalue weighted by Gasteiger charge is -2.18. The summed E-state index contributed by atoms with van der Waals surface area (Å²) in [6.07, 6.45) is 1.47. The SMILES string of the molecule is CN(CC(=O)Nc1cccc(N2CCCC2=O)c1)Cc1nc2ccccc2s1. The van der Waals surface area contributed by atoms with Gasteiger partial charge in [0.2, 0.25) is 11.8 Å². The van der Waals surface area contributed by atoms with E-state index >= 15 is 0 Å². The summed E-state index contributed by atoms with van der Waals surface area (Å²) >= 11 is 1.65. The number of rotatable bonds is 6. The van der Waals surface area contributed by atoms with Crippen molar-refractivity contribution in [3.05, 3.63) is 53.5 Å². The van der Waals surface area contributed by atoms with E-state index in [0.717, 1.165) is 33.9 Å². The number of thiazole rings is 1. The van der Waals surface area contributed by atoms with Crippen LogP contribution in [0.3, 0.4) is 0 Å². The summed E-state index contributed by atoms with van der Waals surface area (Å²) in [7, 11) is 1.91. The van der Waals surface area contributed by atoms with Crippen molar-refractivity contribution in [1.29, 1.82) is 0 Å². The van der Waals surface area contributed by atoms with E-state index in [1.165, 1.54) is 0 Å². The monoisotopic (exact) mass is 394 g/mol. The second-order valence-electron chi connectivity index (χ2n) is 7.00. The van der Waals surface area contributed by atoms with Gasteiger partial charge in [0.05, 0.1) is 23.3 Å². The maximum absolute atomic E-state index is 12.4. The summed E-state index contributed by atoms with van der Waals surface area (Å²) in [5.74, 6) is 0.0487. The number of carbonyl (C=O) groups excluding carboxylic acids is 2. The largest absolute Gasteiger partial charge is 0.325 e. The molecule has 1 fully saturated rings. The maximum atomic E-state index is 12.4. The van der Waals surface area contributed by atoms with Gasteiger partial charge >= 0.3 is 0 Å². The third-order valence-corrected chi connectivity index (χ3v) is 5.69. The first-order valence-corrected chi connectivity index (χ1v) is 10.1. The molecule has 0 atom stereocenters. The van der Waals surface area contributed by atoms with E-state index in [1.54, 1.807) is 16.2 Å². The molecular formula is C21H22N4O2S. The van der Waals surface area contributed by atoms with Crippen LogP contribution in [0.15, 0.2) is 48.5 Å². The molecule has 4 rings (SSSR count). The van der Waals surface area contributed by atoms with Crippen LogP contribution in [0, 0.1) is 0 Å². The molecule has 7 heteroatoms. The van der Waals surface area contributed by atoms with Crippen molar-refractivity contribution >= 4 is 44.7 Å². The molecule has 1 N–H and O–H groups in total. The molecule has 2 heterocycles. The summed E-state index contributed by atoms with van der Waals surface area (Å²) in [5, 5.41) is 3.92. The van der Waals surface area contributed by atoms with Gasteiger partial charge in [0.1, 0.15) is 5.01 Å².